The Morgan fingerprint density at radius 3 is 2.82 bits per heavy atom. The molecule has 0 amide bonds. The van der Waals surface area contributed by atoms with Crippen molar-refractivity contribution in [3.63, 3.8) is 0 Å². The van der Waals surface area contributed by atoms with Gasteiger partial charge in [0.05, 0.1) is 11.1 Å². The number of aromatic nitrogens is 2. The van der Waals surface area contributed by atoms with Gasteiger partial charge in [0.1, 0.15) is 0 Å². The first-order valence-electron chi connectivity index (χ1n) is 3.45. The average molecular weight is 148 g/mol. The molecule has 3 nitrogen and oxygen atoms in total. The fourth-order valence-corrected chi connectivity index (χ4v) is 1.10. The van der Waals surface area contributed by atoms with Crippen LogP contribution in [0.4, 0.5) is 0 Å². The first-order chi connectivity index (χ1) is 5.29. The second kappa shape index (κ2) is 2.05. The molecule has 0 spiro atoms. The normalized spacial score (nSPS) is 10.7. The summed E-state index contributed by atoms with van der Waals surface area (Å²) in [5, 5.41) is 4.85. The third-order valence-corrected chi connectivity index (χ3v) is 1.74. The zero-order valence-corrected chi connectivity index (χ0v) is 6.46. The molecule has 0 aromatic carbocycles. The van der Waals surface area contributed by atoms with Crippen molar-refractivity contribution in [3.8, 4) is 0 Å². The van der Waals surface area contributed by atoms with Gasteiger partial charge in [-0.25, -0.2) is 0 Å². The van der Waals surface area contributed by atoms with Gasteiger partial charge >= 0.3 is 0 Å². The monoisotopic (exact) mass is 148 g/mol. The summed E-state index contributed by atoms with van der Waals surface area (Å²) in [6, 6.07) is 0. The Hall–Kier alpha value is -1.38. The minimum absolute atomic E-state index is 0.845. The van der Waals surface area contributed by atoms with Gasteiger partial charge in [0.15, 0.2) is 5.58 Å². The molecule has 0 N–H and O–H groups in total. The van der Waals surface area contributed by atoms with E-state index in [4.69, 9.17) is 4.52 Å². The zero-order valence-electron chi connectivity index (χ0n) is 6.46. The molecule has 0 unspecified atom stereocenters. The quantitative estimate of drug-likeness (QED) is 0.572. The molecule has 2 aromatic rings. The van der Waals surface area contributed by atoms with Crippen molar-refractivity contribution in [2.75, 3.05) is 0 Å². The maximum Gasteiger partial charge on any atom is 0.173 e. The van der Waals surface area contributed by atoms with Crippen LogP contribution in [0, 0.1) is 13.8 Å². The summed E-state index contributed by atoms with van der Waals surface area (Å²) < 4.78 is 5.09. The molecule has 2 rings (SSSR count). The van der Waals surface area contributed by atoms with Crippen molar-refractivity contribution in [2.45, 2.75) is 13.8 Å². The largest absolute Gasteiger partial charge is 0.356 e. The van der Waals surface area contributed by atoms with Gasteiger partial charge in [-0.15, -0.1) is 0 Å². The highest BCUT2D eigenvalue weighted by atomic mass is 16.5. The van der Waals surface area contributed by atoms with E-state index in [0.717, 1.165) is 22.2 Å². The van der Waals surface area contributed by atoms with Crippen LogP contribution in [0.5, 0.6) is 0 Å². The fourth-order valence-electron chi connectivity index (χ4n) is 1.10. The molecule has 0 aliphatic rings. The van der Waals surface area contributed by atoms with Gasteiger partial charge in [-0.2, -0.15) is 0 Å². The van der Waals surface area contributed by atoms with E-state index in [1.54, 1.807) is 12.4 Å². The SMILES string of the molecule is Cc1noc2c(C)cncc12. The highest BCUT2D eigenvalue weighted by Gasteiger charge is 2.04. The molecule has 2 aromatic heterocycles. The van der Waals surface area contributed by atoms with Gasteiger partial charge in [-0.1, -0.05) is 5.16 Å². The molecule has 0 saturated carbocycles. The first-order valence-corrected chi connectivity index (χ1v) is 3.45. The third kappa shape index (κ3) is 0.808. The van der Waals surface area contributed by atoms with E-state index in [9.17, 15) is 0 Å². The molecule has 2 heterocycles. The zero-order chi connectivity index (χ0) is 7.84. The van der Waals surface area contributed by atoms with Crippen molar-refractivity contribution >= 4 is 11.0 Å². The fraction of sp³-hybridized carbons (Fsp3) is 0.250. The molecular weight excluding hydrogens is 140 g/mol. The van der Waals surface area contributed by atoms with Crippen molar-refractivity contribution in [2.24, 2.45) is 0 Å². The van der Waals surface area contributed by atoms with Crippen LogP contribution in [0.1, 0.15) is 11.3 Å². The third-order valence-electron chi connectivity index (χ3n) is 1.74. The molecule has 0 aliphatic carbocycles. The lowest BCUT2D eigenvalue weighted by atomic mass is 10.2. The Labute approximate surface area is 64.0 Å². The molecule has 0 radical (unpaired) electrons. The number of fused-ring (bicyclic) bond motifs is 1. The van der Waals surface area contributed by atoms with Gasteiger partial charge in [0, 0.05) is 18.0 Å². The minimum Gasteiger partial charge on any atom is -0.356 e. The molecule has 0 bridgehead atoms. The van der Waals surface area contributed by atoms with E-state index >= 15 is 0 Å². The van der Waals surface area contributed by atoms with Gasteiger partial charge in [-0.3, -0.25) is 4.98 Å². The topological polar surface area (TPSA) is 38.9 Å². The first kappa shape index (κ1) is 6.34. The lowest BCUT2D eigenvalue weighted by Crippen LogP contribution is -1.77. The van der Waals surface area contributed by atoms with Crippen LogP contribution in [0.15, 0.2) is 16.9 Å². The second-order valence-electron chi connectivity index (χ2n) is 2.60. The number of aryl methyl sites for hydroxylation is 2. The molecule has 0 atom stereocenters. The van der Waals surface area contributed by atoms with Crippen LogP contribution in [-0.4, -0.2) is 10.1 Å². The maximum absolute atomic E-state index is 5.09. The Kier molecular flexibility index (Phi) is 1.18. The van der Waals surface area contributed by atoms with E-state index in [2.05, 4.69) is 10.1 Å². The number of nitrogens with zero attached hydrogens (tertiary/aromatic N) is 2. The highest BCUT2D eigenvalue weighted by Crippen LogP contribution is 2.18. The highest BCUT2D eigenvalue weighted by molar-refractivity contribution is 5.80. The summed E-state index contributed by atoms with van der Waals surface area (Å²) in [5.74, 6) is 0. The van der Waals surface area contributed by atoms with Crippen molar-refractivity contribution in [3.05, 3.63) is 23.7 Å². The number of pyridine rings is 1. The number of hydrogen-bond acceptors (Lipinski definition) is 3. The van der Waals surface area contributed by atoms with Crippen LogP contribution in [0.2, 0.25) is 0 Å². The molecule has 0 aliphatic heterocycles. The summed E-state index contributed by atoms with van der Waals surface area (Å²) in [7, 11) is 0. The van der Waals surface area contributed by atoms with Crippen LogP contribution in [0.25, 0.3) is 11.0 Å². The van der Waals surface area contributed by atoms with Crippen LogP contribution in [-0.2, 0) is 0 Å². The summed E-state index contributed by atoms with van der Waals surface area (Å²) in [6.45, 7) is 3.87. The Balaban J connectivity index is 2.94. The van der Waals surface area contributed by atoms with Crippen LogP contribution >= 0.6 is 0 Å². The molecule has 11 heavy (non-hydrogen) atoms. The van der Waals surface area contributed by atoms with Gasteiger partial charge in [0.2, 0.25) is 0 Å². The smallest absolute Gasteiger partial charge is 0.173 e. The molecule has 56 valence electrons. The summed E-state index contributed by atoms with van der Waals surface area (Å²) in [5.41, 5.74) is 2.77. The molecule has 0 saturated heterocycles. The van der Waals surface area contributed by atoms with Gasteiger partial charge in [0.25, 0.3) is 0 Å². The lowest BCUT2D eigenvalue weighted by Gasteiger charge is -1.89. The van der Waals surface area contributed by atoms with Crippen molar-refractivity contribution in [1.82, 2.24) is 10.1 Å². The van der Waals surface area contributed by atoms with E-state index in [1.807, 2.05) is 13.8 Å². The van der Waals surface area contributed by atoms with E-state index in [-0.39, 0.29) is 0 Å². The van der Waals surface area contributed by atoms with Crippen molar-refractivity contribution in [1.29, 1.82) is 0 Å². The molecular formula is C8H8N2O. The summed E-state index contributed by atoms with van der Waals surface area (Å²) in [4.78, 5) is 4.05. The van der Waals surface area contributed by atoms with Crippen LogP contribution in [0.3, 0.4) is 0 Å². The van der Waals surface area contributed by atoms with E-state index in [1.165, 1.54) is 0 Å². The number of rotatable bonds is 0. The van der Waals surface area contributed by atoms with E-state index in [0.29, 0.717) is 0 Å². The Bertz CT molecular complexity index is 392. The Morgan fingerprint density at radius 1 is 1.27 bits per heavy atom. The second-order valence-corrected chi connectivity index (χ2v) is 2.60. The predicted octanol–water partition coefficient (Wildman–Crippen LogP) is 1.84. The summed E-state index contributed by atoms with van der Waals surface area (Å²) >= 11 is 0. The summed E-state index contributed by atoms with van der Waals surface area (Å²) in [6.07, 6.45) is 3.54. The molecule has 3 heteroatoms. The molecule has 0 fully saturated rings. The maximum atomic E-state index is 5.09. The standard InChI is InChI=1S/C8H8N2O/c1-5-3-9-4-7-6(2)10-11-8(5)7/h3-4H,1-2H3. The van der Waals surface area contributed by atoms with Crippen molar-refractivity contribution < 1.29 is 4.52 Å². The lowest BCUT2D eigenvalue weighted by molar-refractivity contribution is 0.449. The minimum atomic E-state index is 0.845. The van der Waals surface area contributed by atoms with E-state index < -0.39 is 0 Å². The van der Waals surface area contributed by atoms with Crippen LogP contribution < -0.4 is 0 Å². The Morgan fingerprint density at radius 2 is 2.09 bits per heavy atom. The average Bonchev–Trinajstić information content (AvgIpc) is 2.35. The predicted molar refractivity (Wildman–Crippen MR) is 41.3 cm³/mol. The number of hydrogen-bond donors (Lipinski definition) is 0. The van der Waals surface area contributed by atoms with Gasteiger partial charge in [-0.05, 0) is 13.8 Å². The van der Waals surface area contributed by atoms with Gasteiger partial charge < -0.3 is 4.52 Å².